The fourth-order valence-corrected chi connectivity index (χ4v) is 3.32. The fourth-order valence-electron chi connectivity index (χ4n) is 3.32. The van der Waals surface area contributed by atoms with Crippen molar-refractivity contribution in [2.75, 3.05) is 6.54 Å². The van der Waals surface area contributed by atoms with Gasteiger partial charge in [0.2, 0.25) is 0 Å². The lowest BCUT2D eigenvalue weighted by Crippen LogP contribution is -2.54. The molecule has 0 saturated heterocycles. The van der Waals surface area contributed by atoms with Crippen molar-refractivity contribution in [3.8, 4) is 0 Å². The van der Waals surface area contributed by atoms with Crippen LogP contribution in [0, 0.1) is 18.3 Å². The van der Waals surface area contributed by atoms with Crippen molar-refractivity contribution in [2.45, 2.75) is 72.3 Å². The molecule has 118 valence electrons. The minimum absolute atomic E-state index is 0.185. The van der Waals surface area contributed by atoms with Gasteiger partial charge in [0.1, 0.15) is 0 Å². The highest BCUT2D eigenvalue weighted by Gasteiger charge is 2.49. The van der Waals surface area contributed by atoms with Gasteiger partial charge in [-0.25, -0.2) is 0 Å². The van der Waals surface area contributed by atoms with Gasteiger partial charge in [-0.1, -0.05) is 50.6 Å². The molecule has 1 aromatic carbocycles. The van der Waals surface area contributed by atoms with E-state index in [1.807, 2.05) is 0 Å². The second-order valence-corrected chi connectivity index (χ2v) is 9.22. The van der Waals surface area contributed by atoms with Gasteiger partial charge in [0.15, 0.2) is 0 Å². The van der Waals surface area contributed by atoms with Crippen LogP contribution in [0.25, 0.3) is 0 Å². The van der Waals surface area contributed by atoms with Gasteiger partial charge in [-0.15, -0.1) is 0 Å². The number of aryl methyl sites for hydroxylation is 1. The van der Waals surface area contributed by atoms with Crippen LogP contribution in [-0.2, 0) is 5.41 Å². The maximum absolute atomic E-state index is 3.75. The molecule has 1 aliphatic rings. The summed E-state index contributed by atoms with van der Waals surface area (Å²) in [6, 6.07) is 9.22. The first kappa shape index (κ1) is 16.5. The van der Waals surface area contributed by atoms with E-state index in [1.165, 1.54) is 24.0 Å². The summed E-state index contributed by atoms with van der Waals surface area (Å²) in [5, 5.41) is 3.75. The molecule has 0 aromatic heterocycles. The van der Waals surface area contributed by atoms with Crippen LogP contribution in [0.2, 0.25) is 0 Å². The first-order valence-corrected chi connectivity index (χ1v) is 8.34. The molecule has 0 heterocycles. The first-order valence-electron chi connectivity index (χ1n) is 8.34. The largest absolute Gasteiger partial charge is 0.311 e. The summed E-state index contributed by atoms with van der Waals surface area (Å²) >= 11 is 0. The summed E-state index contributed by atoms with van der Waals surface area (Å²) in [5.41, 5.74) is 3.81. The third-order valence-corrected chi connectivity index (χ3v) is 5.12. The Labute approximate surface area is 131 Å². The predicted molar refractivity (Wildman–Crippen MR) is 92.8 cm³/mol. The van der Waals surface area contributed by atoms with Crippen LogP contribution in [0.15, 0.2) is 24.3 Å². The summed E-state index contributed by atoms with van der Waals surface area (Å²) in [5.74, 6) is 0.834. The van der Waals surface area contributed by atoms with Gasteiger partial charge in [-0.05, 0) is 57.4 Å². The second-order valence-electron chi connectivity index (χ2n) is 9.22. The average molecular weight is 287 g/mol. The summed E-state index contributed by atoms with van der Waals surface area (Å²) in [6.45, 7) is 17.2. The zero-order valence-electron chi connectivity index (χ0n) is 15.0. The number of hydrogen-bond donors (Lipinski definition) is 1. The van der Waals surface area contributed by atoms with Gasteiger partial charge < -0.3 is 5.32 Å². The molecule has 2 rings (SSSR count). The predicted octanol–water partition coefficient (Wildman–Crippen LogP) is 5.08. The first-order chi connectivity index (χ1) is 9.52. The van der Waals surface area contributed by atoms with Gasteiger partial charge >= 0.3 is 0 Å². The van der Waals surface area contributed by atoms with E-state index in [-0.39, 0.29) is 5.54 Å². The fraction of sp³-hybridized carbons (Fsp3) is 0.700. The SMILES string of the molecule is Cc1ccc(C2(CNC(C)(C)C)CC(C(C)(C)C)C2)cc1. The van der Waals surface area contributed by atoms with E-state index >= 15 is 0 Å². The maximum atomic E-state index is 3.75. The zero-order valence-corrected chi connectivity index (χ0v) is 15.0. The Morgan fingerprint density at radius 3 is 1.95 bits per heavy atom. The highest BCUT2D eigenvalue weighted by atomic mass is 15.0. The lowest BCUT2D eigenvalue weighted by Gasteiger charge is -2.54. The van der Waals surface area contributed by atoms with Crippen molar-refractivity contribution in [3.63, 3.8) is 0 Å². The molecule has 1 N–H and O–H groups in total. The van der Waals surface area contributed by atoms with E-state index < -0.39 is 0 Å². The van der Waals surface area contributed by atoms with Crippen molar-refractivity contribution in [1.82, 2.24) is 5.32 Å². The van der Waals surface area contributed by atoms with E-state index in [2.05, 4.69) is 78.0 Å². The lowest BCUT2D eigenvalue weighted by atomic mass is 9.52. The molecule has 0 spiro atoms. The second kappa shape index (κ2) is 5.43. The molecule has 1 aliphatic carbocycles. The van der Waals surface area contributed by atoms with Crippen LogP contribution in [0.3, 0.4) is 0 Å². The Kier molecular flexibility index (Phi) is 4.28. The molecule has 0 atom stereocenters. The zero-order chi connectivity index (χ0) is 15.9. The van der Waals surface area contributed by atoms with E-state index in [1.54, 1.807) is 0 Å². The summed E-state index contributed by atoms with van der Waals surface area (Å²) in [4.78, 5) is 0. The molecule has 0 unspecified atom stereocenters. The monoisotopic (exact) mass is 287 g/mol. The highest BCUT2D eigenvalue weighted by Crippen LogP contribution is 2.54. The van der Waals surface area contributed by atoms with Crippen LogP contribution in [0.1, 0.15) is 65.5 Å². The average Bonchev–Trinajstić information content (AvgIpc) is 2.26. The molecule has 21 heavy (non-hydrogen) atoms. The van der Waals surface area contributed by atoms with Gasteiger partial charge in [-0.2, -0.15) is 0 Å². The molecule has 0 aliphatic heterocycles. The molecule has 1 aromatic rings. The van der Waals surface area contributed by atoms with Crippen molar-refractivity contribution in [2.24, 2.45) is 11.3 Å². The Bertz CT molecular complexity index is 459. The molecule has 1 saturated carbocycles. The third kappa shape index (κ3) is 3.88. The van der Waals surface area contributed by atoms with E-state index in [4.69, 9.17) is 0 Å². The van der Waals surface area contributed by atoms with Crippen LogP contribution in [-0.4, -0.2) is 12.1 Å². The van der Waals surface area contributed by atoms with Crippen LogP contribution < -0.4 is 5.32 Å². The Hall–Kier alpha value is -0.820. The number of nitrogens with one attached hydrogen (secondary N) is 1. The van der Waals surface area contributed by atoms with Gasteiger partial charge in [0, 0.05) is 17.5 Å². The maximum Gasteiger partial charge on any atom is 0.00968 e. The van der Waals surface area contributed by atoms with Crippen LogP contribution in [0.4, 0.5) is 0 Å². The quantitative estimate of drug-likeness (QED) is 0.817. The minimum atomic E-state index is 0.185. The van der Waals surface area contributed by atoms with Gasteiger partial charge in [0.25, 0.3) is 0 Å². The Morgan fingerprint density at radius 2 is 1.52 bits per heavy atom. The van der Waals surface area contributed by atoms with Gasteiger partial charge in [0.05, 0.1) is 0 Å². The van der Waals surface area contributed by atoms with Crippen molar-refractivity contribution in [3.05, 3.63) is 35.4 Å². The van der Waals surface area contributed by atoms with Crippen LogP contribution >= 0.6 is 0 Å². The van der Waals surface area contributed by atoms with E-state index in [0.29, 0.717) is 10.8 Å². The standard InChI is InChI=1S/C20H33N/c1-15-8-10-16(11-9-15)20(14-21-19(5,6)7)12-17(13-20)18(2,3)4/h8-11,17,21H,12-14H2,1-7H3. The number of hydrogen-bond acceptors (Lipinski definition) is 1. The topological polar surface area (TPSA) is 12.0 Å². The number of benzene rings is 1. The lowest BCUT2D eigenvalue weighted by molar-refractivity contribution is 0.0410. The minimum Gasteiger partial charge on any atom is -0.311 e. The Morgan fingerprint density at radius 1 is 1.00 bits per heavy atom. The molecule has 1 fully saturated rings. The Balaban J connectivity index is 2.19. The smallest absolute Gasteiger partial charge is 0.00968 e. The van der Waals surface area contributed by atoms with Crippen LogP contribution in [0.5, 0.6) is 0 Å². The highest BCUT2D eigenvalue weighted by molar-refractivity contribution is 5.32. The molecular weight excluding hydrogens is 254 g/mol. The summed E-state index contributed by atoms with van der Waals surface area (Å²) in [7, 11) is 0. The van der Waals surface area contributed by atoms with Crippen molar-refractivity contribution >= 4 is 0 Å². The summed E-state index contributed by atoms with van der Waals surface area (Å²) < 4.78 is 0. The van der Waals surface area contributed by atoms with E-state index in [0.717, 1.165) is 12.5 Å². The van der Waals surface area contributed by atoms with Gasteiger partial charge in [-0.3, -0.25) is 0 Å². The van der Waals surface area contributed by atoms with E-state index in [9.17, 15) is 0 Å². The normalized spacial score (nSPS) is 26.5. The third-order valence-electron chi connectivity index (χ3n) is 5.12. The number of rotatable bonds is 3. The van der Waals surface area contributed by atoms with Crippen molar-refractivity contribution in [1.29, 1.82) is 0 Å². The molecule has 0 amide bonds. The molecule has 1 nitrogen and oxygen atoms in total. The molecular formula is C20H33N. The van der Waals surface area contributed by atoms with Crippen molar-refractivity contribution < 1.29 is 0 Å². The summed E-state index contributed by atoms with van der Waals surface area (Å²) in [6.07, 6.45) is 2.62. The molecule has 1 heteroatoms. The molecule has 0 radical (unpaired) electrons. The molecule has 0 bridgehead atoms.